The SMILES string of the molecule is COc1cccc(-c2ccc(CNC(=O)[C@@H]3C[C@H]3c3nc(C)no3)c3c2CCN(C(=O)C(C)(C)O)C3)c1. The van der Waals surface area contributed by atoms with E-state index in [9.17, 15) is 14.7 Å². The van der Waals surface area contributed by atoms with Gasteiger partial charge in [-0.1, -0.05) is 29.4 Å². The van der Waals surface area contributed by atoms with Gasteiger partial charge in [0.05, 0.1) is 18.9 Å². The molecule has 2 amide bonds. The fourth-order valence-corrected chi connectivity index (χ4v) is 5.06. The van der Waals surface area contributed by atoms with Gasteiger partial charge in [0.1, 0.15) is 11.4 Å². The molecule has 5 rings (SSSR count). The maximum absolute atomic E-state index is 12.9. The lowest BCUT2D eigenvalue weighted by atomic mass is 9.87. The largest absolute Gasteiger partial charge is 0.497 e. The normalized spacial score (nSPS) is 18.8. The summed E-state index contributed by atoms with van der Waals surface area (Å²) in [6, 6.07) is 12.0. The topological polar surface area (TPSA) is 118 Å². The first-order valence-corrected chi connectivity index (χ1v) is 12.5. The van der Waals surface area contributed by atoms with Crippen molar-refractivity contribution in [1.82, 2.24) is 20.4 Å². The van der Waals surface area contributed by atoms with Gasteiger partial charge in [0.25, 0.3) is 5.91 Å². The number of rotatable bonds is 7. The number of nitrogens with one attached hydrogen (secondary N) is 1. The summed E-state index contributed by atoms with van der Waals surface area (Å²) in [6.45, 7) is 6.00. The number of ether oxygens (including phenoxy) is 1. The number of carbonyl (C=O) groups is 2. The Labute approximate surface area is 215 Å². The van der Waals surface area contributed by atoms with Crippen LogP contribution in [0.3, 0.4) is 0 Å². The summed E-state index contributed by atoms with van der Waals surface area (Å²) in [5.41, 5.74) is 3.76. The lowest BCUT2D eigenvalue weighted by molar-refractivity contribution is -0.148. The summed E-state index contributed by atoms with van der Waals surface area (Å²) in [7, 11) is 1.64. The fourth-order valence-electron chi connectivity index (χ4n) is 5.06. The van der Waals surface area contributed by atoms with Crippen LogP contribution < -0.4 is 10.1 Å². The molecule has 0 unspecified atom stereocenters. The summed E-state index contributed by atoms with van der Waals surface area (Å²) in [4.78, 5) is 31.7. The molecule has 1 aliphatic carbocycles. The predicted molar refractivity (Wildman–Crippen MR) is 136 cm³/mol. The van der Waals surface area contributed by atoms with Gasteiger partial charge in [-0.05, 0) is 73.6 Å². The molecule has 2 aliphatic rings. The van der Waals surface area contributed by atoms with E-state index in [1.165, 1.54) is 13.8 Å². The summed E-state index contributed by atoms with van der Waals surface area (Å²) in [5.74, 6) is 1.27. The molecule has 1 saturated carbocycles. The number of amides is 2. The number of carbonyl (C=O) groups excluding carboxylic acids is 2. The number of hydrogen-bond acceptors (Lipinski definition) is 7. The van der Waals surface area contributed by atoms with Gasteiger partial charge in [0, 0.05) is 19.6 Å². The van der Waals surface area contributed by atoms with Crippen molar-refractivity contribution in [3.8, 4) is 16.9 Å². The number of aromatic nitrogens is 2. The Bertz CT molecular complexity index is 1340. The van der Waals surface area contributed by atoms with Crippen molar-refractivity contribution in [2.24, 2.45) is 5.92 Å². The summed E-state index contributed by atoms with van der Waals surface area (Å²) < 4.78 is 10.7. The standard InChI is InChI=1S/C28H32N4O5/c1-16-30-26(37-31-16)23-13-22(23)25(33)29-14-18-8-9-20(17-6-5-7-19(12-17)36-4)21-10-11-32(15-24(18)21)27(34)28(2,3)35/h5-9,12,22-23,35H,10-11,13-15H2,1-4H3,(H,29,33)/t22-,23-/m1/s1. The lowest BCUT2D eigenvalue weighted by Gasteiger charge is -2.35. The van der Waals surface area contributed by atoms with Crippen LogP contribution in [0.25, 0.3) is 11.1 Å². The van der Waals surface area contributed by atoms with E-state index >= 15 is 0 Å². The number of hydrogen-bond donors (Lipinski definition) is 2. The van der Waals surface area contributed by atoms with E-state index < -0.39 is 5.60 Å². The molecular weight excluding hydrogens is 472 g/mol. The van der Waals surface area contributed by atoms with Crippen molar-refractivity contribution >= 4 is 11.8 Å². The third-order valence-corrected chi connectivity index (χ3v) is 7.14. The van der Waals surface area contributed by atoms with Gasteiger partial charge >= 0.3 is 0 Å². The molecule has 194 valence electrons. The van der Waals surface area contributed by atoms with Crippen LogP contribution in [0.1, 0.15) is 54.6 Å². The fraction of sp³-hybridized carbons (Fsp3) is 0.429. The van der Waals surface area contributed by atoms with E-state index in [2.05, 4.69) is 21.5 Å². The van der Waals surface area contributed by atoms with Crippen LogP contribution in [0.15, 0.2) is 40.9 Å². The highest BCUT2D eigenvalue weighted by Gasteiger charge is 2.47. The van der Waals surface area contributed by atoms with Crippen LogP contribution in [-0.4, -0.2) is 51.2 Å². The van der Waals surface area contributed by atoms with Crippen LogP contribution >= 0.6 is 0 Å². The number of benzene rings is 2. The van der Waals surface area contributed by atoms with Crippen LogP contribution in [0, 0.1) is 12.8 Å². The minimum absolute atomic E-state index is 0.0366. The zero-order chi connectivity index (χ0) is 26.3. The van der Waals surface area contributed by atoms with Gasteiger partial charge in [-0.15, -0.1) is 0 Å². The summed E-state index contributed by atoms with van der Waals surface area (Å²) >= 11 is 0. The molecule has 2 atom stereocenters. The van der Waals surface area contributed by atoms with E-state index in [1.54, 1.807) is 18.9 Å². The van der Waals surface area contributed by atoms with Gasteiger partial charge in [0.15, 0.2) is 5.82 Å². The molecule has 2 aromatic carbocycles. The van der Waals surface area contributed by atoms with E-state index in [0.717, 1.165) is 33.6 Å². The average Bonchev–Trinajstić information content (AvgIpc) is 3.58. The predicted octanol–water partition coefficient (Wildman–Crippen LogP) is 3.13. The highest BCUT2D eigenvalue weighted by molar-refractivity contribution is 5.85. The Morgan fingerprint density at radius 2 is 2.05 bits per heavy atom. The maximum atomic E-state index is 12.9. The van der Waals surface area contributed by atoms with Gasteiger partial charge in [-0.2, -0.15) is 4.98 Å². The van der Waals surface area contributed by atoms with Crippen LogP contribution in [0.2, 0.25) is 0 Å². The number of aliphatic hydroxyl groups is 1. The second-order valence-corrected chi connectivity index (χ2v) is 10.3. The highest BCUT2D eigenvalue weighted by Crippen LogP contribution is 2.47. The first kappa shape index (κ1) is 25.0. The summed E-state index contributed by atoms with van der Waals surface area (Å²) in [5, 5.41) is 17.2. The van der Waals surface area contributed by atoms with E-state index in [0.29, 0.717) is 44.2 Å². The molecule has 0 saturated heterocycles. The van der Waals surface area contributed by atoms with Crippen molar-refractivity contribution in [2.75, 3.05) is 13.7 Å². The zero-order valence-corrected chi connectivity index (χ0v) is 21.6. The third kappa shape index (κ3) is 5.09. The first-order valence-electron chi connectivity index (χ1n) is 12.5. The molecule has 2 heterocycles. The number of methoxy groups -OCH3 is 1. The van der Waals surface area contributed by atoms with Crippen LogP contribution in [0.5, 0.6) is 5.75 Å². The van der Waals surface area contributed by atoms with E-state index in [1.807, 2.05) is 30.3 Å². The molecule has 0 spiro atoms. The van der Waals surface area contributed by atoms with Crippen molar-refractivity contribution in [3.05, 3.63) is 64.8 Å². The maximum Gasteiger partial charge on any atom is 0.254 e. The Morgan fingerprint density at radius 3 is 2.76 bits per heavy atom. The Balaban J connectivity index is 1.40. The molecule has 0 bridgehead atoms. The molecule has 1 aliphatic heterocycles. The Kier molecular flexibility index (Phi) is 6.49. The molecule has 1 aromatic heterocycles. The minimum Gasteiger partial charge on any atom is -0.497 e. The summed E-state index contributed by atoms with van der Waals surface area (Å²) in [6.07, 6.45) is 1.33. The van der Waals surface area contributed by atoms with Crippen molar-refractivity contribution in [2.45, 2.75) is 58.2 Å². The number of nitrogens with zero attached hydrogens (tertiary/aromatic N) is 3. The second-order valence-electron chi connectivity index (χ2n) is 10.3. The molecule has 2 N–H and O–H groups in total. The molecule has 9 nitrogen and oxygen atoms in total. The van der Waals surface area contributed by atoms with Gasteiger partial charge in [-0.25, -0.2) is 0 Å². The lowest BCUT2D eigenvalue weighted by Crippen LogP contribution is -2.47. The smallest absolute Gasteiger partial charge is 0.254 e. The van der Waals surface area contributed by atoms with Gasteiger partial charge in [-0.3, -0.25) is 9.59 Å². The third-order valence-electron chi connectivity index (χ3n) is 7.14. The molecule has 37 heavy (non-hydrogen) atoms. The molecule has 3 aromatic rings. The quantitative estimate of drug-likeness (QED) is 0.508. The first-order chi connectivity index (χ1) is 17.7. The van der Waals surface area contributed by atoms with Gasteiger partial charge < -0.3 is 24.6 Å². The van der Waals surface area contributed by atoms with E-state index in [4.69, 9.17) is 9.26 Å². The monoisotopic (exact) mass is 504 g/mol. The minimum atomic E-state index is -1.45. The average molecular weight is 505 g/mol. The molecule has 0 radical (unpaired) electrons. The second kappa shape index (κ2) is 9.63. The van der Waals surface area contributed by atoms with Crippen LogP contribution in [-0.2, 0) is 29.1 Å². The molecule has 1 fully saturated rings. The van der Waals surface area contributed by atoms with Crippen molar-refractivity contribution in [1.29, 1.82) is 0 Å². The number of aryl methyl sites for hydroxylation is 1. The Hall–Kier alpha value is -3.72. The van der Waals surface area contributed by atoms with Crippen molar-refractivity contribution < 1.29 is 24.0 Å². The van der Waals surface area contributed by atoms with E-state index in [-0.39, 0.29) is 23.7 Å². The molecule has 9 heteroatoms. The number of fused-ring (bicyclic) bond motifs is 1. The van der Waals surface area contributed by atoms with Crippen LogP contribution in [0.4, 0.5) is 0 Å². The van der Waals surface area contributed by atoms with Crippen molar-refractivity contribution in [3.63, 3.8) is 0 Å². The van der Waals surface area contributed by atoms with Gasteiger partial charge in [0.2, 0.25) is 11.8 Å². The molecular formula is C28H32N4O5. The Morgan fingerprint density at radius 1 is 1.24 bits per heavy atom. The highest BCUT2D eigenvalue weighted by atomic mass is 16.5. The zero-order valence-electron chi connectivity index (χ0n) is 21.6.